The minimum Gasteiger partial charge on any atom is -0.392 e. The maximum atomic E-state index is 12.0. The second kappa shape index (κ2) is 8.32. The van der Waals surface area contributed by atoms with Crippen LogP contribution in [0, 0.1) is 0 Å². The minimum absolute atomic E-state index is 0.0374. The number of thiophene rings is 1. The van der Waals surface area contributed by atoms with Gasteiger partial charge in [0.25, 0.3) is 0 Å². The average molecular weight is 308 g/mol. The quantitative estimate of drug-likeness (QED) is 0.785. The van der Waals surface area contributed by atoms with E-state index < -0.39 is 0 Å². The maximum absolute atomic E-state index is 12.0. The molecular weight excluding hydrogens is 284 g/mol. The molecule has 0 aromatic carbocycles. The summed E-state index contributed by atoms with van der Waals surface area (Å²) in [5.74, 6) is 0.0374. The Labute approximate surface area is 130 Å². The Kier molecular flexibility index (Phi) is 6.42. The van der Waals surface area contributed by atoms with Gasteiger partial charge in [-0.3, -0.25) is 4.79 Å². The lowest BCUT2D eigenvalue weighted by Gasteiger charge is -2.18. The Hall–Kier alpha value is -1.17. The van der Waals surface area contributed by atoms with Crippen LogP contribution in [0.25, 0.3) is 6.08 Å². The van der Waals surface area contributed by atoms with Crippen molar-refractivity contribution in [2.24, 2.45) is 0 Å². The number of aliphatic hydroxyl groups is 1. The largest absolute Gasteiger partial charge is 0.392 e. The first-order valence-electron chi connectivity index (χ1n) is 7.53. The van der Waals surface area contributed by atoms with Gasteiger partial charge in [0.1, 0.15) is 0 Å². The lowest BCUT2D eigenvalue weighted by molar-refractivity contribution is -0.124. The minimum atomic E-state index is 0.0374. The fourth-order valence-electron chi connectivity index (χ4n) is 2.49. The number of likely N-dealkylation sites (N-methyl/N-ethyl adjacent to an activating group) is 1. The number of hydrogen-bond donors (Lipinski definition) is 1. The predicted molar refractivity (Wildman–Crippen MR) is 87.2 cm³/mol. The molecule has 2 heterocycles. The SMILES string of the molecule is CN(CCCN1CCCC1)C(=O)C=Cc1cc(CO)cs1. The molecule has 116 valence electrons. The van der Waals surface area contributed by atoms with Gasteiger partial charge in [-0.15, -0.1) is 11.3 Å². The van der Waals surface area contributed by atoms with E-state index in [4.69, 9.17) is 5.11 Å². The van der Waals surface area contributed by atoms with Crippen molar-refractivity contribution in [3.05, 3.63) is 28.0 Å². The first kappa shape index (κ1) is 16.2. The van der Waals surface area contributed by atoms with Crippen LogP contribution in [0.2, 0.25) is 0 Å². The van der Waals surface area contributed by atoms with E-state index in [1.165, 1.54) is 37.3 Å². The van der Waals surface area contributed by atoms with E-state index in [2.05, 4.69) is 4.90 Å². The molecule has 5 heteroatoms. The van der Waals surface area contributed by atoms with Gasteiger partial charge in [0.05, 0.1) is 6.61 Å². The Morgan fingerprint density at radius 2 is 2.24 bits per heavy atom. The van der Waals surface area contributed by atoms with Crippen LogP contribution in [0.4, 0.5) is 0 Å². The number of nitrogens with zero attached hydrogens (tertiary/aromatic N) is 2. The lowest BCUT2D eigenvalue weighted by atomic mass is 10.3. The van der Waals surface area contributed by atoms with Crippen LogP contribution in [0.15, 0.2) is 17.5 Å². The Morgan fingerprint density at radius 1 is 1.48 bits per heavy atom. The summed E-state index contributed by atoms with van der Waals surface area (Å²) in [5.41, 5.74) is 0.895. The molecule has 1 aliphatic heterocycles. The molecule has 4 nitrogen and oxygen atoms in total. The summed E-state index contributed by atoms with van der Waals surface area (Å²) in [4.78, 5) is 17.2. The van der Waals surface area contributed by atoms with Crippen LogP contribution < -0.4 is 0 Å². The summed E-state index contributed by atoms with van der Waals surface area (Å²) in [6, 6.07) is 1.90. The highest BCUT2D eigenvalue weighted by molar-refractivity contribution is 7.11. The summed E-state index contributed by atoms with van der Waals surface area (Å²) < 4.78 is 0. The third kappa shape index (κ3) is 5.26. The normalized spacial score (nSPS) is 15.9. The smallest absolute Gasteiger partial charge is 0.246 e. The molecule has 1 saturated heterocycles. The molecule has 0 spiro atoms. The molecule has 1 aliphatic rings. The summed E-state index contributed by atoms with van der Waals surface area (Å²) in [6.45, 7) is 4.36. The van der Waals surface area contributed by atoms with Crippen molar-refractivity contribution >= 4 is 23.3 Å². The monoisotopic (exact) mass is 308 g/mol. The Bertz CT molecular complexity index is 478. The van der Waals surface area contributed by atoms with Gasteiger partial charge in [-0.05, 0) is 62.0 Å². The summed E-state index contributed by atoms with van der Waals surface area (Å²) in [6.07, 6.45) is 7.10. The van der Waals surface area contributed by atoms with Crippen LogP contribution in [0.3, 0.4) is 0 Å². The highest BCUT2D eigenvalue weighted by Crippen LogP contribution is 2.16. The topological polar surface area (TPSA) is 43.8 Å². The second-order valence-electron chi connectivity index (χ2n) is 5.51. The van der Waals surface area contributed by atoms with Crippen molar-refractivity contribution in [2.75, 3.05) is 33.2 Å². The van der Waals surface area contributed by atoms with Gasteiger partial charge in [-0.25, -0.2) is 0 Å². The number of likely N-dealkylation sites (tertiary alicyclic amines) is 1. The molecule has 21 heavy (non-hydrogen) atoms. The fourth-order valence-corrected chi connectivity index (χ4v) is 3.29. The van der Waals surface area contributed by atoms with E-state index >= 15 is 0 Å². The van der Waals surface area contributed by atoms with E-state index in [1.807, 2.05) is 24.6 Å². The van der Waals surface area contributed by atoms with Crippen molar-refractivity contribution in [3.8, 4) is 0 Å². The zero-order valence-corrected chi connectivity index (χ0v) is 13.4. The zero-order chi connectivity index (χ0) is 15.1. The van der Waals surface area contributed by atoms with Crippen LogP contribution in [-0.4, -0.2) is 54.0 Å². The third-order valence-electron chi connectivity index (χ3n) is 3.79. The zero-order valence-electron chi connectivity index (χ0n) is 12.6. The molecule has 1 N–H and O–H groups in total. The number of carbonyl (C=O) groups excluding carboxylic acids is 1. The standard InChI is InChI=1S/C16H24N2O2S/c1-17(7-4-10-18-8-2-3-9-18)16(20)6-5-15-11-14(12-19)13-21-15/h5-6,11,13,19H,2-4,7-10,12H2,1H3. The molecular formula is C16H24N2O2S. The van der Waals surface area contributed by atoms with Crippen LogP contribution in [0.1, 0.15) is 29.7 Å². The van der Waals surface area contributed by atoms with Gasteiger partial charge in [-0.2, -0.15) is 0 Å². The third-order valence-corrected chi connectivity index (χ3v) is 4.74. The van der Waals surface area contributed by atoms with Gasteiger partial charge in [0.15, 0.2) is 0 Å². The number of carbonyl (C=O) groups is 1. The van der Waals surface area contributed by atoms with Gasteiger partial charge < -0.3 is 14.9 Å². The van der Waals surface area contributed by atoms with E-state index in [0.717, 1.165) is 30.0 Å². The van der Waals surface area contributed by atoms with Crippen molar-refractivity contribution < 1.29 is 9.90 Å². The summed E-state index contributed by atoms with van der Waals surface area (Å²) >= 11 is 1.54. The molecule has 1 fully saturated rings. The van der Waals surface area contributed by atoms with Gasteiger partial charge in [0.2, 0.25) is 5.91 Å². The highest BCUT2D eigenvalue weighted by Gasteiger charge is 2.11. The van der Waals surface area contributed by atoms with Crippen molar-refractivity contribution in [3.63, 3.8) is 0 Å². The predicted octanol–water partition coefficient (Wildman–Crippen LogP) is 2.20. The van der Waals surface area contributed by atoms with E-state index in [1.54, 1.807) is 11.0 Å². The number of hydrogen-bond acceptors (Lipinski definition) is 4. The van der Waals surface area contributed by atoms with Crippen LogP contribution in [0.5, 0.6) is 0 Å². The summed E-state index contributed by atoms with van der Waals surface area (Å²) in [7, 11) is 1.85. The first-order chi connectivity index (χ1) is 10.2. The molecule has 1 aromatic heterocycles. The molecule has 0 bridgehead atoms. The van der Waals surface area contributed by atoms with Crippen LogP contribution >= 0.6 is 11.3 Å². The Balaban J connectivity index is 1.71. The average Bonchev–Trinajstić information content (AvgIpc) is 3.15. The van der Waals surface area contributed by atoms with Gasteiger partial charge in [0, 0.05) is 24.5 Å². The van der Waals surface area contributed by atoms with Crippen molar-refractivity contribution in [2.45, 2.75) is 25.9 Å². The fraction of sp³-hybridized carbons (Fsp3) is 0.562. The molecule has 0 atom stereocenters. The van der Waals surface area contributed by atoms with Gasteiger partial charge in [-0.1, -0.05) is 0 Å². The molecule has 0 unspecified atom stereocenters. The second-order valence-corrected chi connectivity index (χ2v) is 6.45. The summed E-state index contributed by atoms with van der Waals surface area (Å²) in [5, 5.41) is 10.9. The van der Waals surface area contributed by atoms with Crippen LogP contribution in [-0.2, 0) is 11.4 Å². The maximum Gasteiger partial charge on any atom is 0.246 e. The first-order valence-corrected chi connectivity index (χ1v) is 8.41. The van der Waals surface area contributed by atoms with E-state index in [-0.39, 0.29) is 12.5 Å². The number of amides is 1. The van der Waals surface area contributed by atoms with E-state index in [9.17, 15) is 4.79 Å². The molecule has 1 amide bonds. The lowest BCUT2D eigenvalue weighted by Crippen LogP contribution is -2.29. The van der Waals surface area contributed by atoms with Gasteiger partial charge >= 0.3 is 0 Å². The molecule has 2 rings (SSSR count). The number of aliphatic hydroxyl groups excluding tert-OH is 1. The number of rotatable bonds is 7. The highest BCUT2D eigenvalue weighted by atomic mass is 32.1. The Morgan fingerprint density at radius 3 is 2.90 bits per heavy atom. The molecule has 0 saturated carbocycles. The van der Waals surface area contributed by atoms with Crippen molar-refractivity contribution in [1.82, 2.24) is 9.80 Å². The molecule has 0 radical (unpaired) electrons. The van der Waals surface area contributed by atoms with Crippen molar-refractivity contribution in [1.29, 1.82) is 0 Å². The molecule has 0 aliphatic carbocycles. The molecule has 1 aromatic rings. The van der Waals surface area contributed by atoms with E-state index in [0.29, 0.717) is 0 Å².